The van der Waals surface area contributed by atoms with Gasteiger partial charge in [0.1, 0.15) is 6.04 Å². The number of hydrogen-bond acceptors (Lipinski definition) is 4. The van der Waals surface area contributed by atoms with Crippen molar-refractivity contribution in [2.24, 2.45) is 5.73 Å². The summed E-state index contributed by atoms with van der Waals surface area (Å²) in [4.78, 5) is 13.1. The first-order valence-corrected chi connectivity index (χ1v) is 5.81. The molecule has 18 heavy (non-hydrogen) atoms. The fourth-order valence-corrected chi connectivity index (χ4v) is 2.18. The van der Waals surface area contributed by atoms with Crippen LogP contribution < -0.4 is 10.6 Å². The molecule has 1 unspecified atom stereocenters. The molecule has 1 saturated heterocycles. The highest BCUT2D eigenvalue weighted by molar-refractivity contribution is 5.76. The number of rotatable bonds is 4. The highest BCUT2D eigenvalue weighted by Crippen LogP contribution is 2.35. The molecule has 98 valence electrons. The van der Waals surface area contributed by atoms with Crippen LogP contribution in [0.15, 0.2) is 24.3 Å². The Kier molecular flexibility index (Phi) is 3.28. The van der Waals surface area contributed by atoms with Crippen LogP contribution in [0.2, 0.25) is 0 Å². The summed E-state index contributed by atoms with van der Waals surface area (Å²) in [7, 11) is 3.92. The lowest BCUT2D eigenvalue weighted by Gasteiger charge is -2.44. The van der Waals surface area contributed by atoms with Crippen LogP contribution in [0.1, 0.15) is 5.56 Å². The van der Waals surface area contributed by atoms with Gasteiger partial charge in [-0.3, -0.25) is 4.79 Å². The number of nitrogens with zero attached hydrogens (tertiary/aromatic N) is 1. The highest BCUT2D eigenvalue weighted by Gasteiger charge is 2.48. The van der Waals surface area contributed by atoms with Gasteiger partial charge in [-0.2, -0.15) is 0 Å². The number of benzene rings is 1. The predicted octanol–water partition coefficient (Wildman–Crippen LogP) is 0.432. The standard InChI is InChI=1S/C13H18N2O3/c1-15(2)10-5-3-9(4-6-10)13(7-18-8-13)11(14)12(16)17/h3-6,11H,7-8,14H2,1-2H3,(H,16,17). The molecule has 5 nitrogen and oxygen atoms in total. The lowest BCUT2D eigenvalue weighted by molar-refractivity contribution is -0.148. The molecule has 1 fully saturated rings. The zero-order valence-corrected chi connectivity index (χ0v) is 10.6. The van der Waals surface area contributed by atoms with E-state index in [1.807, 2.05) is 43.3 Å². The van der Waals surface area contributed by atoms with Crippen LogP contribution in [0.4, 0.5) is 5.69 Å². The molecule has 0 aromatic heterocycles. The summed E-state index contributed by atoms with van der Waals surface area (Å²) in [5.74, 6) is -0.991. The van der Waals surface area contributed by atoms with Crippen molar-refractivity contribution in [3.05, 3.63) is 29.8 Å². The summed E-state index contributed by atoms with van der Waals surface area (Å²) in [6.45, 7) is 0.726. The third-order valence-electron chi connectivity index (χ3n) is 3.54. The fraction of sp³-hybridized carbons (Fsp3) is 0.462. The normalized spacial score (nSPS) is 18.8. The van der Waals surface area contributed by atoms with Crippen molar-refractivity contribution in [1.29, 1.82) is 0 Å². The third kappa shape index (κ3) is 1.95. The number of hydrogen-bond donors (Lipinski definition) is 2. The van der Waals surface area contributed by atoms with Crippen molar-refractivity contribution in [3.8, 4) is 0 Å². The van der Waals surface area contributed by atoms with E-state index in [2.05, 4.69) is 0 Å². The maximum absolute atomic E-state index is 11.1. The van der Waals surface area contributed by atoms with E-state index in [1.54, 1.807) is 0 Å². The topological polar surface area (TPSA) is 75.8 Å². The second-order valence-corrected chi connectivity index (χ2v) is 4.91. The van der Waals surface area contributed by atoms with Crippen molar-refractivity contribution in [2.45, 2.75) is 11.5 Å². The first kappa shape index (κ1) is 12.9. The molecule has 0 spiro atoms. The minimum Gasteiger partial charge on any atom is -0.480 e. The molecule has 5 heteroatoms. The second-order valence-electron chi connectivity index (χ2n) is 4.91. The summed E-state index contributed by atoms with van der Waals surface area (Å²) in [5, 5.41) is 9.10. The van der Waals surface area contributed by atoms with Gasteiger partial charge >= 0.3 is 5.97 Å². The zero-order valence-electron chi connectivity index (χ0n) is 10.6. The molecule has 0 saturated carbocycles. The molecule has 1 aromatic carbocycles. The maximum Gasteiger partial charge on any atom is 0.321 e. The SMILES string of the molecule is CN(C)c1ccc(C2(C(N)C(=O)O)COC2)cc1. The number of carbonyl (C=O) groups is 1. The van der Waals surface area contributed by atoms with Crippen molar-refractivity contribution in [3.63, 3.8) is 0 Å². The molecule has 1 aliphatic rings. The number of carboxylic acid groups (broad SMARTS) is 1. The van der Waals surface area contributed by atoms with Crippen molar-refractivity contribution < 1.29 is 14.6 Å². The first-order valence-electron chi connectivity index (χ1n) is 5.81. The van der Waals surface area contributed by atoms with E-state index in [1.165, 1.54) is 0 Å². The number of carboxylic acids is 1. The summed E-state index contributed by atoms with van der Waals surface area (Å²) in [5.41, 5.74) is 7.20. The molecule has 1 heterocycles. The Morgan fingerprint density at radius 2 is 1.94 bits per heavy atom. The van der Waals surface area contributed by atoms with Crippen LogP contribution in [0.25, 0.3) is 0 Å². The van der Waals surface area contributed by atoms with Gasteiger partial charge in [-0.05, 0) is 17.7 Å². The van der Waals surface area contributed by atoms with Gasteiger partial charge < -0.3 is 20.5 Å². The summed E-state index contributed by atoms with van der Waals surface area (Å²) < 4.78 is 5.19. The molecule has 1 aromatic rings. The minimum atomic E-state index is -0.991. The molecular formula is C13H18N2O3. The Morgan fingerprint density at radius 1 is 1.39 bits per heavy atom. The van der Waals surface area contributed by atoms with Gasteiger partial charge in [0.05, 0.1) is 18.6 Å². The van der Waals surface area contributed by atoms with Crippen LogP contribution in [-0.2, 0) is 14.9 Å². The minimum absolute atomic E-state index is 0.363. The smallest absolute Gasteiger partial charge is 0.321 e. The van der Waals surface area contributed by atoms with E-state index < -0.39 is 17.4 Å². The molecule has 0 radical (unpaired) electrons. The molecule has 3 N–H and O–H groups in total. The second kappa shape index (κ2) is 4.59. The van der Waals surface area contributed by atoms with Crippen LogP contribution in [0, 0.1) is 0 Å². The largest absolute Gasteiger partial charge is 0.480 e. The van der Waals surface area contributed by atoms with Crippen molar-refractivity contribution in [1.82, 2.24) is 0 Å². The van der Waals surface area contributed by atoms with Gasteiger partial charge in [0.25, 0.3) is 0 Å². The fourth-order valence-electron chi connectivity index (χ4n) is 2.18. The average Bonchev–Trinajstić information content (AvgIpc) is 2.28. The number of aliphatic carboxylic acids is 1. The van der Waals surface area contributed by atoms with Crippen LogP contribution in [0.3, 0.4) is 0 Å². The quantitative estimate of drug-likeness (QED) is 0.810. The van der Waals surface area contributed by atoms with Gasteiger partial charge in [-0.25, -0.2) is 0 Å². The predicted molar refractivity (Wildman–Crippen MR) is 68.9 cm³/mol. The van der Waals surface area contributed by atoms with Crippen LogP contribution >= 0.6 is 0 Å². The Balaban J connectivity index is 2.30. The van der Waals surface area contributed by atoms with E-state index >= 15 is 0 Å². The van der Waals surface area contributed by atoms with Crippen molar-refractivity contribution >= 4 is 11.7 Å². The molecule has 0 aliphatic carbocycles. The molecule has 1 aliphatic heterocycles. The van der Waals surface area contributed by atoms with Gasteiger partial charge in [0.15, 0.2) is 0 Å². The average molecular weight is 250 g/mol. The third-order valence-corrected chi connectivity index (χ3v) is 3.54. The van der Waals surface area contributed by atoms with Crippen LogP contribution in [-0.4, -0.2) is 44.4 Å². The molecular weight excluding hydrogens is 232 g/mol. The highest BCUT2D eigenvalue weighted by atomic mass is 16.5. The summed E-state index contributed by atoms with van der Waals surface area (Å²) >= 11 is 0. The molecule has 0 amide bonds. The van der Waals surface area contributed by atoms with Gasteiger partial charge in [0.2, 0.25) is 0 Å². The van der Waals surface area contributed by atoms with E-state index in [4.69, 9.17) is 15.6 Å². The number of ether oxygens (including phenoxy) is 1. The first-order chi connectivity index (χ1) is 8.47. The Bertz CT molecular complexity index is 438. The van der Waals surface area contributed by atoms with E-state index in [9.17, 15) is 4.79 Å². The molecule has 1 atom stereocenters. The Hall–Kier alpha value is -1.59. The van der Waals surface area contributed by atoms with Crippen LogP contribution in [0.5, 0.6) is 0 Å². The lowest BCUT2D eigenvalue weighted by Crippen LogP contribution is -2.61. The molecule has 2 rings (SSSR count). The Labute approximate surface area is 106 Å². The zero-order chi connectivity index (χ0) is 13.3. The van der Waals surface area contributed by atoms with Gasteiger partial charge in [-0.1, -0.05) is 12.1 Å². The monoisotopic (exact) mass is 250 g/mol. The molecule has 0 bridgehead atoms. The van der Waals surface area contributed by atoms with Gasteiger partial charge in [0, 0.05) is 19.8 Å². The van der Waals surface area contributed by atoms with E-state index in [0.717, 1.165) is 11.3 Å². The maximum atomic E-state index is 11.1. The lowest BCUT2D eigenvalue weighted by atomic mass is 9.72. The van der Waals surface area contributed by atoms with E-state index in [0.29, 0.717) is 13.2 Å². The summed E-state index contributed by atoms with van der Waals surface area (Å²) in [6, 6.07) is 6.85. The van der Waals surface area contributed by atoms with E-state index in [-0.39, 0.29) is 0 Å². The van der Waals surface area contributed by atoms with Crippen molar-refractivity contribution in [2.75, 3.05) is 32.2 Å². The van der Waals surface area contributed by atoms with Gasteiger partial charge in [-0.15, -0.1) is 0 Å². The Morgan fingerprint density at radius 3 is 2.28 bits per heavy atom. The number of anilines is 1. The summed E-state index contributed by atoms with van der Waals surface area (Å²) in [6.07, 6.45) is 0. The number of nitrogens with two attached hydrogens (primary N) is 1.